The lowest BCUT2D eigenvalue weighted by molar-refractivity contribution is -0.153. The van der Waals surface area contributed by atoms with Crippen molar-refractivity contribution in [3.63, 3.8) is 0 Å². The van der Waals surface area contributed by atoms with E-state index >= 15 is 0 Å². The van der Waals surface area contributed by atoms with E-state index in [1.54, 1.807) is 0 Å². The van der Waals surface area contributed by atoms with Crippen LogP contribution in [0.5, 0.6) is 0 Å². The monoisotopic (exact) mass is 187 g/mol. The molecule has 1 atom stereocenters. The molecule has 1 unspecified atom stereocenters. The van der Waals surface area contributed by atoms with Crippen molar-refractivity contribution in [3.8, 4) is 0 Å². The van der Waals surface area contributed by atoms with Gasteiger partial charge in [-0.3, -0.25) is 9.59 Å². The number of hydrogen-bond acceptors (Lipinski definition) is 3. The summed E-state index contributed by atoms with van der Waals surface area (Å²) in [6.07, 6.45) is -0.580. The van der Waals surface area contributed by atoms with E-state index in [2.05, 4.69) is 0 Å². The zero-order valence-corrected chi connectivity index (χ0v) is 7.43. The average molecular weight is 187 g/mol. The van der Waals surface area contributed by atoms with E-state index < -0.39 is 18.0 Å². The summed E-state index contributed by atoms with van der Waals surface area (Å²) in [5, 5.41) is 17.4. The Labute approximate surface area is 76.0 Å². The summed E-state index contributed by atoms with van der Waals surface area (Å²) in [6, 6.07) is 0. The minimum Gasteiger partial charge on any atom is -0.481 e. The van der Waals surface area contributed by atoms with Crippen molar-refractivity contribution in [2.45, 2.75) is 19.4 Å². The van der Waals surface area contributed by atoms with Crippen molar-refractivity contribution in [2.24, 2.45) is 5.92 Å². The predicted octanol–water partition coefficient (Wildman–Crippen LogP) is -0.700. The molecular formula is C8H13NO4. The standard InChI is InChI=1S/C8H13NO4/c1-5(10)2-7(11)9-3-6(4-9)8(12)13/h5-6,10H,2-4H2,1H3,(H,12,13). The zero-order chi connectivity index (χ0) is 10.0. The number of nitrogens with zero attached hydrogens (tertiary/aromatic N) is 1. The van der Waals surface area contributed by atoms with Gasteiger partial charge in [0.25, 0.3) is 0 Å². The Morgan fingerprint density at radius 1 is 1.54 bits per heavy atom. The first-order valence-corrected chi connectivity index (χ1v) is 4.19. The molecular weight excluding hydrogens is 174 g/mol. The number of carboxylic acids is 1. The second kappa shape index (κ2) is 3.74. The quantitative estimate of drug-likeness (QED) is 0.612. The van der Waals surface area contributed by atoms with Gasteiger partial charge in [-0.1, -0.05) is 0 Å². The minimum atomic E-state index is -0.860. The molecule has 2 N–H and O–H groups in total. The largest absolute Gasteiger partial charge is 0.481 e. The number of carbonyl (C=O) groups is 2. The van der Waals surface area contributed by atoms with Gasteiger partial charge >= 0.3 is 5.97 Å². The maximum Gasteiger partial charge on any atom is 0.310 e. The van der Waals surface area contributed by atoms with Crippen LogP contribution in [0.4, 0.5) is 0 Å². The highest BCUT2D eigenvalue weighted by molar-refractivity contribution is 5.81. The van der Waals surface area contributed by atoms with Gasteiger partial charge in [0, 0.05) is 13.1 Å². The van der Waals surface area contributed by atoms with Crippen LogP contribution in [0.3, 0.4) is 0 Å². The number of hydrogen-bond donors (Lipinski definition) is 2. The Bertz CT molecular complexity index is 220. The van der Waals surface area contributed by atoms with Crippen LogP contribution in [0.15, 0.2) is 0 Å². The van der Waals surface area contributed by atoms with Gasteiger partial charge in [-0.05, 0) is 6.92 Å². The topological polar surface area (TPSA) is 77.8 Å². The molecule has 1 heterocycles. The molecule has 1 rings (SSSR count). The second-order valence-corrected chi connectivity index (χ2v) is 3.39. The second-order valence-electron chi connectivity index (χ2n) is 3.39. The van der Waals surface area contributed by atoms with E-state index in [0.717, 1.165) is 0 Å². The van der Waals surface area contributed by atoms with Crippen molar-refractivity contribution >= 4 is 11.9 Å². The van der Waals surface area contributed by atoms with Crippen LogP contribution in [-0.4, -0.2) is 46.2 Å². The first-order chi connectivity index (χ1) is 6.00. The Kier molecular flexibility index (Phi) is 2.87. The van der Waals surface area contributed by atoms with Crippen molar-refractivity contribution < 1.29 is 19.8 Å². The number of rotatable bonds is 3. The Balaban J connectivity index is 2.27. The first kappa shape index (κ1) is 9.98. The molecule has 0 bridgehead atoms. The summed E-state index contributed by atoms with van der Waals surface area (Å²) < 4.78 is 0. The van der Waals surface area contributed by atoms with Crippen molar-refractivity contribution in [3.05, 3.63) is 0 Å². The summed E-state index contributed by atoms with van der Waals surface area (Å²) in [4.78, 5) is 23.0. The maximum atomic E-state index is 11.2. The van der Waals surface area contributed by atoms with E-state index in [4.69, 9.17) is 10.2 Å². The highest BCUT2D eigenvalue weighted by Gasteiger charge is 2.35. The van der Waals surface area contributed by atoms with Gasteiger partial charge in [-0.15, -0.1) is 0 Å². The molecule has 0 spiro atoms. The predicted molar refractivity (Wildman–Crippen MR) is 44.0 cm³/mol. The fraction of sp³-hybridized carbons (Fsp3) is 0.750. The average Bonchev–Trinajstić information content (AvgIpc) is 1.79. The fourth-order valence-electron chi connectivity index (χ4n) is 1.22. The zero-order valence-electron chi connectivity index (χ0n) is 7.43. The summed E-state index contributed by atoms with van der Waals surface area (Å²) in [5.41, 5.74) is 0. The fourth-order valence-corrected chi connectivity index (χ4v) is 1.22. The van der Waals surface area contributed by atoms with E-state index in [1.807, 2.05) is 0 Å². The van der Waals surface area contributed by atoms with E-state index in [-0.39, 0.29) is 25.4 Å². The van der Waals surface area contributed by atoms with Gasteiger partial charge in [-0.2, -0.15) is 0 Å². The summed E-state index contributed by atoms with van der Waals surface area (Å²) in [5.74, 6) is -1.45. The number of aliphatic hydroxyl groups is 1. The molecule has 0 aromatic rings. The molecule has 1 aliphatic rings. The third-order valence-electron chi connectivity index (χ3n) is 2.05. The maximum absolute atomic E-state index is 11.2. The first-order valence-electron chi connectivity index (χ1n) is 4.19. The molecule has 0 saturated carbocycles. The van der Waals surface area contributed by atoms with Gasteiger partial charge in [0.15, 0.2) is 0 Å². The number of amides is 1. The molecule has 5 heteroatoms. The SMILES string of the molecule is CC(O)CC(=O)N1CC(C(=O)O)C1. The molecule has 1 aliphatic heterocycles. The van der Waals surface area contributed by atoms with Crippen LogP contribution < -0.4 is 0 Å². The highest BCUT2D eigenvalue weighted by atomic mass is 16.4. The Morgan fingerprint density at radius 2 is 2.08 bits per heavy atom. The minimum absolute atomic E-state index is 0.0757. The molecule has 0 aromatic heterocycles. The van der Waals surface area contributed by atoms with Crippen molar-refractivity contribution in [1.82, 2.24) is 4.90 Å². The van der Waals surface area contributed by atoms with Gasteiger partial charge < -0.3 is 15.1 Å². The van der Waals surface area contributed by atoms with E-state index in [1.165, 1.54) is 11.8 Å². The molecule has 1 amide bonds. The highest BCUT2D eigenvalue weighted by Crippen LogP contribution is 2.16. The number of likely N-dealkylation sites (tertiary alicyclic amines) is 1. The van der Waals surface area contributed by atoms with Crippen LogP contribution in [0, 0.1) is 5.92 Å². The molecule has 1 fully saturated rings. The lowest BCUT2D eigenvalue weighted by Gasteiger charge is -2.36. The van der Waals surface area contributed by atoms with Gasteiger partial charge in [0.05, 0.1) is 18.4 Å². The lowest BCUT2D eigenvalue weighted by atomic mass is 10.00. The van der Waals surface area contributed by atoms with Gasteiger partial charge in [0.2, 0.25) is 5.91 Å². The molecule has 13 heavy (non-hydrogen) atoms. The molecule has 5 nitrogen and oxygen atoms in total. The van der Waals surface area contributed by atoms with Crippen LogP contribution in [0.1, 0.15) is 13.3 Å². The molecule has 0 radical (unpaired) electrons. The normalized spacial score (nSPS) is 19.4. The van der Waals surface area contributed by atoms with E-state index in [0.29, 0.717) is 0 Å². The third-order valence-corrected chi connectivity index (χ3v) is 2.05. The van der Waals surface area contributed by atoms with Crippen molar-refractivity contribution in [2.75, 3.05) is 13.1 Å². The number of carbonyl (C=O) groups excluding carboxylic acids is 1. The summed E-state index contributed by atoms with van der Waals surface area (Å²) in [6.45, 7) is 2.09. The third kappa shape index (κ3) is 2.42. The summed E-state index contributed by atoms with van der Waals surface area (Å²) in [7, 11) is 0. The van der Waals surface area contributed by atoms with E-state index in [9.17, 15) is 9.59 Å². The Morgan fingerprint density at radius 3 is 2.46 bits per heavy atom. The summed E-state index contributed by atoms with van der Waals surface area (Å²) >= 11 is 0. The molecule has 1 saturated heterocycles. The molecule has 0 aromatic carbocycles. The van der Waals surface area contributed by atoms with Gasteiger partial charge in [0.1, 0.15) is 0 Å². The number of aliphatic carboxylic acids is 1. The molecule has 0 aliphatic carbocycles. The van der Waals surface area contributed by atoms with Crippen LogP contribution in [0.2, 0.25) is 0 Å². The number of aliphatic hydroxyl groups excluding tert-OH is 1. The van der Waals surface area contributed by atoms with Crippen LogP contribution in [-0.2, 0) is 9.59 Å². The smallest absolute Gasteiger partial charge is 0.310 e. The van der Waals surface area contributed by atoms with Crippen molar-refractivity contribution in [1.29, 1.82) is 0 Å². The lowest BCUT2D eigenvalue weighted by Crippen LogP contribution is -2.53. The van der Waals surface area contributed by atoms with Crippen LogP contribution >= 0.6 is 0 Å². The van der Waals surface area contributed by atoms with Gasteiger partial charge in [-0.25, -0.2) is 0 Å². The van der Waals surface area contributed by atoms with Crippen LogP contribution in [0.25, 0.3) is 0 Å². The Hall–Kier alpha value is -1.10. The number of carboxylic acid groups (broad SMARTS) is 1. The molecule has 74 valence electrons.